The minimum Gasteiger partial charge on any atom is -0.485 e. The van der Waals surface area contributed by atoms with E-state index in [9.17, 15) is 9.18 Å². The Kier molecular flexibility index (Phi) is 5.58. The number of hydrogen-bond donors (Lipinski definition) is 4. The molecule has 4 rings (SSSR count). The summed E-state index contributed by atoms with van der Waals surface area (Å²) in [4.78, 5) is 19.7. The molecule has 2 aliphatic rings. The van der Waals surface area contributed by atoms with Gasteiger partial charge in [0.15, 0.2) is 23.1 Å². The van der Waals surface area contributed by atoms with Crippen LogP contribution in [-0.2, 0) is 4.79 Å². The van der Waals surface area contributed by atoms with Gasteiger partial charge in [-0.15, -0.1) is 0 Å². The Labute approximate surface area is 186 Å². The van der Waals surface area contributed by atoms with Gasteiger partial charge in [0.05, 0.1) is 6.20 Å². The number of benzene rings is 1. The number of nitrogens with one attached hydrogen (secondary N) is 3. The van der Waals surface area contributed by atoms with Crippen molar-refractivity contribution in [3.05, 3.63) is 30.2 Å². The molecule has 1 atom stereocenters. The van der Waals surface area contributed by atoms with Gasteiger partial charge >= 0.3 is 0 Å². The third-order valence-corrected chi connectivity index (χ3v) is 5.45. The lowest BCUT2D eigenvalue weighted by molar-refractivity contribution is -0.127. The molecule has 2 aromatic rings. The van der Waals surface area contributed by atoms with Crippen LogP contribution in [0.2, 0.25) is 0 Å². The van der Waals surface area contributed by atoms with Crippen LogP contribution in [0.5, 0.6) is 11.5 Å². The van der Waals surface area contributed by atoms with Gasteiger partial charge in [0.1, 0.15) is 6.61 Å². The molecule has 5 N–H and O–H groups in total. The highest BCUT2D eigenvalue weighted by Gasteiger charge is 2.38. The molecule has 1 aromatic heterocycles. The molecule has 1 aromatic carbocycles. The Bertz CT molecular complexity index is 1010. The van der Waals surface area contributed by atoms with Gasteiger partial charge in [-0.1, -0.05) is 0 Å². The van der Waals surface area contributed by atoms with E-state index in [2.05, 4.69) is 53.6 Å². The van der Waals surface area contributed by atoms with Crippen molar-refractivity contribution in [1.82, 2.24) is 15.3 Å². The summed E-state index contributed by atoms with van der Waals surface area (Å²) in [5.41, 5.74) is 5.74. The number of amides is 1. The largest absolute Gasteiger partial charge is 0.485 e. The summed E-state index contributed by atoms with van der Waals surface area (Å²) in [6, 6.07) is 5.15. The number of primary amides is 1. The van der Waals surface area contributed by atoms with Crippen molar-refractivity contribution in [2.75, 3.05) is 17.2 Å². The molecule has 32 heavy (non-hydrogen) atoms. The van der Waals surface area contributed by atoms with Gasteiger partial charge in [0.25, 0.3) is 5.91 Å². The van der Waals surface area contributed by atoms with Crippen molar-refractivity contribution < 1.29 is 18.7 Å². The highest BCUT2D eigenvalue weighted by Crippen LogP contribution is 2.35. The number of carbonyl (C=O) groups excluding carboxylic acids is 1. The number of halogens is 1. The van der Waals surface area contributed by atoms with Crippen LogP contribution in [0.15, 0.2) is 24.4 Å². The summed E-state index contributed by atoms with van der Waals surface area (Å²) < 4.78 is 25.6. The molecule has 0 aliphatic carbocycles. The quantitative estimate of drug-likeness (QED) is 0.555. The number of hydrogen-bond acceptors (Lipinski definition) is 8. The second-order valence-corrected chi connectivity index (χ2v) is 9.64. The summed E-state index contributed by atoms with van der Waals surface area (Å²) in [6.07, 6.45) is 1.99. The number of nitrogens with two attached hydrogens (primary N) is 1. The van der Waals surface area contributed by atoms with Crippen LogP contribution in [0.1, 0.15) is 40.5 Å². The first-order chi connectivity index (χ1) is 15.0. The lowest BCUT2D eigenvalue weighted by Gasteiger charge is -2.46. The van der Waals surface area contributed by atoms with E-state index in [-0.39, 0.29) is 35.5 Å². The molecule has 172 valence electrons. The number of aromatic nitrogens is 2. The van der Waals surface area contributed by atoms with E-state index in [1.807, 2.05) is 0 Å². The van der Waals surface area contributed by atoms with Gasteiger partial charge in [-0.05, 0) is 52.7 Å². The fraction of sp³-hybridized carbons (Fsp3) is 0.500. The lowest BCUT2D eigenvalue weighted by Crippen LogP contribution is -2.60. The minimum atomic E-state index is -0.819. The molecule has 0 bridgehead atoms. The summed E-state index contributed by atoms with van der Waals surface area (Å²) in [6.45, 7) is 8.59. The highest BCUT2D eigenvalue weighted by molar-refractivity contribution is 5.80. The Hall–Kier alpha value is -3.14. The predicted octanol–water partition coefficient (Wildman–Crippen LogP) is 2.71. The SMILES string of the molecule is CC1(C)CC(Nc2nc(Nc3ccc4c(c3)OCC(C(N)=O)O4)ncc2F)CC(C)(C)N1. The first kappa shape index (κ1) is 22.1. The molecule has 1 fully saturated rings. The van der Waals surface area contributed by atoms with Gasteiger partial charge in [-0.2, -0.15) is 4.98 Å². The first-order valence-electron chi connectivity index (χ1n) is 10.6. The molecule has 10 heteroatoms. The summed E-state index contributed by atoms with van der Waals surface area (Å²) >= 11 is 0. The number of ether oxygens (including phenoxy) is 2. The van der Waals surface area contributed by atoms with Crippen LogP contribution in [0, 0.1) is 5.82 Å². The van der Waals surface area contributed by atoms with E-state index in [4.69, 9.17) is 15.2 Å². The number of fused-ring (bicyclic) bond motifs is 1. The monoisotopic (exact) mass is 444 g/mol. The smallest absolute Gasteiger partial charge is 0.262 e. The van der Waals surface area contributed by atoms with Crippen molar-refractivity contribution in [2.24, 2.45) is 5.73 Å². The number of carbonyl (C=O) groups is 1. The Morgan fingerprint density at radius 3 is 2.62 bits per heavy atom. The Morgan fingerprint density at radius 2 is 1.94 bits per heavy atom. The van der Waals surface area contributed by atoms with Crippen LogP contribution in [-0.4, -0.2) is 45.7 Å². The zero-order valence-electron chi connectivity index (χ0n) is 18.7. The van der Waals surface area contributed by atoms with Crippen molar-refractivity contribution in [2.45, 2.75) is 63.8 Å². The fourth-order valence-corrected chi connectivity index (χ4v) is 4.56. The van der Waals surface area contributed by atoms with Crippen molar-refractivity contribution in [3.63, 3.8) is 0 Å². The van der Waals surface area contributed by atoms with Gasteiger partial charge in [-0.25, -0.2) is 9.37 Å². The number of nitrogens with zero attached hydrogens (tertiary/aromatic N) is 2. The maximum atomic E-state index is 14.5. The summed E-state index contributed by atoms with van der Waals surface area (Å²) in [5.74, 6) is 0.189. The molecule has 1 amide bonds. The molecule has 9 nitrogen and oxygen atoms in total. The molecular formula is C22H29FN6O3. The Morgan fingerprint density at radius 1 is 1.22 bits per heavy atom. The predicted molar refractivity (Wildman–Crippen MR) is 119 cm³/mol. The summed E-state index contributed by atoms with van der Waals surface area (Å²) in [7, 11) is 0. The zero-order chi connectivity index (χ0) is 23.1. The van der Waals surface area contributed by atoms with Crippen LogP contribution >= 0.6 is 0 Å². The van der Waals surface area contributed by atoms with E-state index in [0.717, 1.165) is 19.0 Å². The maximum Gasteiger partial charge on any atom is 0.262 e. The first-order valence-corrected chi connectivity index (χ1v) is 10.6. The average molecular weight is 445 g/mol. The molecule has 0 saturated carbocycles. The fourth-order valence-electron chi connectivity index (χ4n) is 4.56. The Balaban J connectivity index is 1.48. The van der Waals surface area contributed by atoms with Crippen LogP contribution in [0.4, 0.5) is 21.8 Å². The second kappa shape index (κ2) is 8.09. The molecule has 1 unspecified atom stereocenters. The lowest BCUT2D eigenvalue weighted by atomic mass is 9.79. The third kappa shape index (κ3) is 5.01. The molecule has 0 radical (unpaired) electrons. The standard InChI is InChI=1S/C22H29FN6O3/c1-21(2)8-13(9-22(3,4)29-21)26-19-14(23)10-25-20(28-19)27-12-5-6-15-16(7-12)31-11-17(32-15)18(24)30/h5-7,10,13,17,29H,8-9,11H2,1-4H3,(H2,24,30)(H2,25,26,27,28). The van der Waals surface area contributed by atoms with Crippen LogP contribution < -0.4 is 31.2 Å². The van der Waals surface area contributed by atoms with Gasteiger partial charge in [0.2, 0.25) is 12.1 Å². The molecule has 3 heterocycles. The third-order valence-electron chi connectivity index (χ3n) is 5.45. The average Bonchev–Trinajstić information content (AvgIpc) is 2.67. The van der Waals surface area contributed by atoms with Crippen LogP contribution in [0.3, 0.4) is 0 Å². The van der Waals surface area contributed by atoms with E-state index in [1.165, 1.54) is 0 Å². The molecule has 0 spiro atoms. The van der Waals surface area contributed by atoms with E-state index in [0.29, 0.717) is 17.2 Å². The van der Waals surface area contributed by atoms with Gasteiger partial charge in [0, 0.05) is 28.9 Å². The topological polar surface area (TPSA) is 123 Å². The second-order valence-electron chi connectivity index (χ2n) is 9.64. The highest BCUT2D eigenvalue weighted by atomic mass is 19.1. The minimum absolute atomic E-state index is 0.0375. The van der Waals surface area contributed by atoms with E-state index in [1.54, 1.807) is 18.2 Å². The molecular weight excluding hydrogens is 415 g/mol. The van der Waals surface area contributed by atoms with Crippen molar-refractivity contribution >= 4 is 23.4 Å². The molecule has 2 aliphatic heterocycles. The number of anilines is 3. The molecule has 1 saturated heterocycles. The van der Waals surface area contributed by atoms with Crippen LogP contribution in [0.25, 0.3) is 0 Å². The number of piperidine rings is 1. The van der Waals surface area contributed by atoms with Crippen molar-refractivity contribution in [3.8, 4) is 11.5 Å². The number of rotatable bonds is 5. The van der Waals surface area contributed by atoms with E-state index >= 15 is 0 Å². The van der Waals surface area contributed by atoms with E-state index < -0.39 is 17.8 Å². The van der Waals surface area contributed by atoms with Gasteiger partial charge < -0.3 is 31.2 Å². The zero-order valence-corrected chi connectivity index (χ0v) is 18.7. The van der Waals surface area contributed by atoms with Gasteiger partial charge in [-0.3, -0.25) is 4.79 Å². The van der Waals surface area contributed by atoms with Crippen molar-refractivity contribution in [1.29, 1.82) is 0 Å². The maximum absolute atomic E-state index is 14.5. The summed E-state index contributed by atoms with van der Waals surface area (Å²) in [5, 5.41) is 9.93. The normalized spacial score (nSPS) is 21.6.